The van der Waals surface area contributed by atoms with Gasteiger partial charge < -0.3 is 10.2 Å². The molecule has 0 bridgehead atoms. The predicted molar refractivity (Wildman–Crippen MR) is 65.3 cm³/mol. The molecule has 4 nitrogen and oxygen atoms in total. The lowest BCUT2D eigenvalue weighted by atomic mass is 10.3. The van der Waals surface area contributed by atoms with Crippen LogP contribution in [-0.2, 0) is 0 Å². The summed E-state index contributed by atoms with van der Waals surface area (Å²) in [5.41, 5.74) is 0.986. The number of rotatable bonds is 2. The third-order valence-electron chi connectivity index (χ3n) is 3.50. The molecule has 0 amide bonds. The lowest BCUT2D eigenvalue weighted by Gasteiger charge is -2.27. The van der Waals surface area contributed by atoms with Crippen LogP contribution in [0.15, 0.2) is 6.20 Å². The topological polar surface area (TPSA) is 33.1 Å². The number of nitrogens with zero attached hydrogens (tertiary/aromatic N) is 3. The molecule has 2 aliphatic rings. The number of aryl methyl sites for hydroxylation is 1. The Morgan fingerprint density at radius 3 is 2.94 bits per heavy atom. The van der Waals surface area contributed by atoms with Crippen LogP contribution in [-0.4, -0.2) is 41.9 Å². The van der Waals surface area contributed by atoms with Gasteiger partial charge in [-0.15, -0.1) is 0 Å². The third kappa shape index (κ3) is 2.21. The van der Waals surface area contributed by atoms with Gasteiger partial charge in [-0.05, 0) is 19.8 Å². The number of alkyl halides is 2. The maximum Gasteiger partial charge on any atom is 0.277 e. The summed E-state index contributed by atoms with van der Waals surface area (Å²) >= 11 is 0. The fourth-order valence-corrected chi connectivity index (χ4v) is 2.50. The first-order valence-electron chi connectivity index (χ1n) is 6.44. The van der Waals surface area contributed by atoms with Gasteiger partial charge in [-0.1, -0.05) is 0 Å². The molecule has 2 heterocycles. The standard InChI is InChI=1S/C12H18F2N4/c1-9-6-16-18(10-2-3-10)11(9)17-5-4-15-7-12(13,14)8-17/h6,10,15H,2-5,7-8H2,1H3. The molecule has 1 aromatic heterocycles. The van der Waals surface area contributed by atoms with Crippen molar-refractivity contribution >= 4 is 5.82 Å². The first-order chi connectivity index (χ1) is 8.57. The van der Waals surface area contributed by atoms with Crippen molar-refractivity contribution in [3.63, 3.8) is 0 Å². The Hall–Kier alpha value is -1.17. The van der Waals surface area contributed by atoms with Gasteiger partial charge in [0.1, 0.15) is 5.82 Å². The second-order valence-corrected chi connectivity index (χ2v) is 5.28. The van der Waals surface area contributed by atoms with Crippen LogP contribution in [0.25, 0.3) is 0 Å². The minimum Gasteiger partial charge on any atom is -0.349 e. The number of anilines is 1. The van der Waals surface area contributed by atoms with E-state index in [1.165, 1.54) is 0 Å². The summed E-state index contributed by atoms with van der Waals surface area (Å²) < 4.78 is 29.2. The molecule has 3 rings (SSSR count). The summed E-state index contributed by atoms with van der Waals surface area (Å²) in [6, 6.07) is 0.415. The van der Waals surface area contributed by atoms with Crippen LogP contribution in [0.4, 0.5) is 14.6 Å². The van der Waals surface area contributed by atoms with E-state index in [-0.39, 0.29) is 13.1 Å². The Morgan fingerprint density at radius 1 is 1.44 bits per heavy atom. The summed E-state index contributed by atoms with van der Waals surface area (Å²) in [5.74, 6) is -1.80. The third-order valence-corrected chi connectivity index (χ3v) is 3.50. The van der Waals surface area contributed by atoms with Crippen LogP contribution in [0.2, 0.25) is 0 Å². The molecule has 1 aliphatic heterocycles. The summed E-state index contributed by atoms with van der Waals surface area (Å²) in [7, 11) is 0. The van der Waals surface area contributed by atoms with Crippen molar-refractivity contribution in [2.45, 2.75) is 31.7 Å². The number of hydrogen-bond donors (Lipinski definition) is 1. The summed E-state index contributed by atoms with van der Waals surface area (Å²) in [6.07, 6.45) is 4.00. The maximum atomic E-state index is 13.7. The Kier molecular flexibility index (Phi) is 2.77. The van der Waals surface area contributed by atoms with E-state index in [1.54, 1.807) is 11.1 Å². The molecule has 1 saturated carbocycles. The molecule has 0 atom stereocenters. The Labute approximate surface area is 105 Å². The molecule has 1 N–H and O–H groups in total. The lowest BCUT2D eigenvalue weighted by molar-refractivity contribution is 0.0155. The molecule has 1 aliphatic carbocycles. The molecule has 0 radical (unpaired) electrons. The first kappa shape index (κ1) is 11.9. The fourth-order valence-electron chi connectivity index (χ4n) is 2.50. The molecule has 1 aromatic rings. The highest BCUT2D eigenvalue weighted by Gasteiger charge is 2.36. The molecular formula is C12H18F2N4. The van der Waals surface area contributed by atoms with Crippen molar-refractivity contribution in [3.05, 3.63) is 11.8 Å². The van der Waals surface area contributed by atoms with Gasteiger partial charge in [-0.25, -0.2) is 13.5 Å². The Bertz CT molecular complexity index is 439. The van der Waals surface area contributed by atoms with E-state index in [4.69, 9.17) is 0 Å². The number of nitrogens with one attached hydrogen (secondary N) is 1. The van der Waals surface area contributed by atoms with Crippen molar-refractivity contribution < 1.29 is 8.78 Å². The second kappa shape index (κ2) is 4.19. The normalized spacial score (nSPS) is 24.1. The molecule has 100 valence electrons. The zero-order valence-corrected chi connectivity index (χ0v) is 10.5. The van der Waals surface area contributed by atoms with Crippen molar-refractivity contribution in [1.29, 1.82) is 0 Å². The van der Waals surface area contributed by atoms with Gasteiger partial charge >= 0.3 is 0 Å². The summed E-state index contributed by atoms with van der Waals surface area (Å²) in [4.78, 5) is 1.78. The molecule has 6 heteroatoms. The van der Waals surface area contributed by atoms with Crippen LogP contribution < -0.4 is 10.2 Å². The molecule has 0 unspecified atom stereocenters. The van der Waals surface area contributed by atoms with E-state index < -0.39 is 5.92 Å². The van der Waals surface area contributed by atoms with E-state index in [2.05, 4.69) is 10.4 Å². The van der Waals surface area contributed by atoms with E-state index in [9.17, 15) is 8.78 Å². The largest absolute Gasteiger partial charge is 0.349 e. The molecule has 1 saturated heterocycles. The monoisotopic (exact) mass is 256 g/mol. The van der Waals surface area contributed by atoms with Crippen LogP contribution in [0.3, 0.4) is 0 Å². The van der Waals surface area contributed by atoms with Crippen LogP contribution in [0, 0.1) is 6.92 Å². The van der Waals surface area contributed by atoms with Crippen molar-refractivity contribution in [3.8, 4) is 0 Å². The van der Waals surface area contributed by atoms with Crippen LogP contribution >= 0.6 is 0 Å². The van der Waals surface area contributed by atoms with Gasteiger partial charge in [-0.3, -0.25) is 0 Å². The quantitative estimate of drug-likeness (QED) is 0.872. The van der Waals surface area contributed by atoms with Crippen LogP contribution in [0.1, 0.15) is 24.4 Å². The molecule has 0 aromatic carbocycles. The maximum absolute atomic E-state index is 13.7. The second-order valence-electron chi connectivity index (χ2n) is 5.28. The van der Waals surface area contributed by atoms with Crippen molar-refractivity contribution in [2.75, 3.05) is 31.1 Å². The highest BCUT2D eigenvalue weighted by Crippen LogP contribution is 2.39. The minimum atomic E-state index is -2.68. The minimum absolute atomic E-state index is 0.223. The van der Waals surface area contributed by atoms with Gasteiger partial charge in [0.2, 0.25) is 0 Å². The molecule has 2 fully saturated rings. The van der Waals surface area contributed by atoms with E-state index in [0.717, 1.165) is 24.2 Å². The zero-order valence-electron chi connectivity index (χ0n) is 10.5. The highest BCUT2D eigenvalue weighted by atomic mass is 19.3. The zero-order chi connectivity index (χ0) is 12.8. The Morgan fingerprint density at radius 2 is 2.22 bits per heavy atom. The molecular weight excluding hydrogens is 238 g/mol. The number of hydrogen-bond acceptors (Lipinski definition) is 3. The average molecular weight is 256 g/mol. The highest BCUT2D eigenvalue weighted by molar-refractivity contribution is 5.47. The average Bonchev–Trinajstić information content (AvgIpc) is 3.08. The van der Waals surface area contributed by atoms with Crippen molar-refractivity contribution in [1.82, 2.24) is 15.1 Å². The van der Waals surface area contributed by atoms with Gasteiger partial charge in [0, 0.05) is 18.7 Å². The van der Waals surface area contributed by atoms with Gasteiger partial charge in [-0.2, -0.15) is 5.10 Å². The summed E-state index contributed by atoms with van der Waals surface area (Å²) in [5, 5.41) is 7.13. The fraction of sp³-hybridized carbons (Fsp3) is 0.750. The molecule has 18 heavy (non-hydrogen) atoms. The SMILES string of the molecule is Cc1cnn(C2CC2)c1N1CCNCC(F)(F)C1. The first-order valence-corrected chi connectivity index (χ1v) is 6.44. The Balaban J connectivity index is 1.90. The van der Waals surface area contributed by atoms with Gasteiger partial charge in [0.05, 0.1) is 25.3 Å². The van der Waals surface area contributed by atoms with E-state index in [0.29, 0.717) is 19.1 Å². The smallest absolute Gasteiger partial charge is 0.277 e. The number of aromatic nitrogens is 2. The number of halogens is 2. The van der Waals surface area contributed by atoms with Gasteiger partial charge in [0.25, 0.3) is 5.92 Å². The van der Waals surface area contributed by atoms with Crippen molar-refractivity contribution in [2.24, 2.45) is 0 Å². The predicted octanol–water partition coefficient (Wildman–Crippen LogP) is 1.57. The van der Waals surface area contributed by atoms with Gasteiger partial charge in [0.15, 0.2) is 0 Å². The summed E-state index contributed by atoms with van der Waals surface area (Å²) in [6.45, 7) is 2.68. The van der Waals surface area contributed by atoms with E-state index >= 15 is 0 Å². The van der Waals surface area contributed by atoms with Crippen LogP contribution in [0.5, 0.6) is 0 Å². The lowest BCUT2D eigenvalue weighted by Crippen LogP contribution is -2.39. The molecule has 0 spiro atoms. The van der Waals surface area contributed by atoms with E-state index in [1.807, 2.05) is 11.6 Å².